The first kappa shape index (κ1) is 17.4. The molecule has 2 aromatic rings. The highest BCUT2D eigenvalue weighted by atomic mass is 19.1. The van der Waals surface area contributed by atoms with Gasteiger partial charge in [-0.15, -0.1) is 0 Å². The zero-order valence-electron chi connectivity index (χ0n) is 14.9. The molecule has 1 N–H and O–H groups in total. The molecule has 0 aliphatic heterocycles. The molecule has 1 aromatic heterocycles. The Bertz CT molecular complexity index is 670. The van der Waals surface area contributed by atoms with E-state index in [2.05, 4.69) is 44.9 Å². The van der Waals surface area contributed by atoms with Crippen LogP contribution in [0.4, 0.5) is 10.3 Å². The van der Waals surface area contributed by atoms with Gasteiger partial charge in [0.1, 0.15) is 5.82 Å². The number of halogens is 1. The van der Waals surface area contributed by atoms with Gasteiger partial charge >= 0.3 is 0 Å². The van der Waals surface area contributed by atoms with Crippen LogP contribution in [0.15, 0.2) is 24.3 Å². The first-order valence-electron chi connectivity index (χ1n) is 8.06. The number of nitrogens with one attached hydrogen (secondary N) is 1. The second-order valence-corrected chi connectivity index (χ2v) is 7.31. The summed E-state index contributed by atoms with van der Waals surface area (Å²) in [5.41, 5.74) is 4.11. The number of rotatable bonds is 4. The predicted octanol–water partition coefficient (Wildman–Crippen LogP) is 4.63. The summed E-state index contributed by atoms with van der Waals surface area (Å²) in [5.74, 6) is 0.458. The van der Waals surface area contributed by atoms with Crippen LogP contribution in [0.1, 0.15) is 57.1 Å². The average molecular weight is 315 g/mol. The quantitative estimate of drug-likeness (QED) is 0.893. The van der Waals surface area contributed by atoms with Gasteiger partial charge in [-0.25, -0.2) is 14.4 Å². The van der Waals surface area contributed by atoms with Crippen LogP contribution < -0.4 is 5.32 Å². The molecule has 1 aromatic carbocycles. The Balaban J connectivity index is 2.46. The third kappa shape index (κ3) is 4.50. The molecule has 124 valence electrons. The van der Waals surface area contributed by atoms with E-state index in [1.54, 1.807) is 0 Å². The lowest BCUT2D eigenvalue weighted by molar-refractivity contribution is 0.558. The van der Waals surface area contributed by atoms with Crippen LogP contribution in [0, 0.1) is 12.7 Å². The van der Waals surface area contributed by atoms with E-state index in [4.69, 9.17) is 4.98 Å². The molecule has 1 heterocycles. The fourth-order valence-electron chi connectivity index (χ4n) is 2.56. The van der Waals surface area contributed by atoms with Gasteiger partial charge in [0.2, 0.25) is 5.95 Å². The first-order valence-corrected chi connectivity index (χ1v) is 8.06. The maximum absolute atomic E-state index is 13.1. The summed E-state index contributed by atoms with van der Waals surface area (Å²) in [6, 6.07) is 6.92. The minimum atomic E-state index is -0.214. The molecule has 23 heavy (non-hydrogen) atoms. The van der Waals surface area contributed by atoms with Gasteiger partial charge < -0.3 is 5.32 Å². The standard InChI is InChI=1S/C19H26FN3/c1-12(2)21-18-22-13(3)16(17(23-18)19(4,5)6)11-14-7-9-15(20)10-8-14/h7-10,12H,11H2,1-6H3,(H,21,22,23). The van der Waals surface area contributed by atoms with Crippen molar-refractivity contribution in [3.8, 4) is 0 Å². The molecule has 0 aliphatic rings. The number of aromatic nitrogens is 2. The number of anilines is 1. The molecule has 0 amide bonds. The monoisotopic (exact) mass is 315 g/mol. The molecule has 0 fully saturated rings. The number of nitrogens with zero attached hydrogens (tertiary/aromatic N) is 2. The molecule has 0 saturated heterocycles. The van der Waals surface area contributed by atoms with Crippen molar-refractivity contribution >= 4 is 5.95 Å². The van der Waals surface area contributed by atoms with E-state index in [1.807, 2.05) is 19.1 Å². The summed E-state index contributed by atoms with van der Waals surface area (Å²) in [6.45, 7) is 12.6. The fraction of sp³-hybridized carbons (Fsp3) is 0.474. The highest BCUT2D eigenvalue weighted by molar-refractivity contribution is 5.40. The molecule has 0 unspecified atom stereocenters. The first-order chi connectivity index (χ1) is 10.7. The summed E-state index contributed by atoms with van der Waals surface area (Å²) in [5, 5.41) is 3.28. The third-order valence-electron chi connectivity index (χ3n) is 3.64. The van der Waals surface area contributed by atoms with Gasteiger partial charge in [-0.3, -0.25) is 0 Å². The van der Waals surface area contributed by atoms with Crippen LogP contribution in [-0.2, 0) is 11.8 Å². The van der Waals surface area contributed by atoms with Crippen molar-refractivity contribution in [3.05, 3.63) is 52.6 Å². The minimum Gasteiger partial charge on any atom is -0.352 e. The molecule has 0 atom stereocenters. The highest BCUT2D eigenvalue weighted by Gasteiger charge is 2.23. The lowest BCUT2D eigenvalue weighted by Crippen LogP contribution is -2.22. The van der Waals surface area contributed by atoms with Crippen LogP contribution >= 0.6 is 0 Å². The summed E-state index contributed by atoms with van der Waals surface area (Å²) in [4.78, 5) is 9.37. The number of aryl methyl sites for hydroxylation is 1. The van der Waals surface area contributed by atoms with Crippen molar-refractivity contribution in [1.82, 2.24) is 9.97 Å². The maximum atomic E-state index is 13.1. The molecule has 2 rings (SSSR count). The Kier molecular flexibility index (Phi) is 5.03. The number of hydrogen-bond acceptors (Lipinski definition) is 3. The van der Waals surface area contributed by atoms with Crippen LogP contribution in [-0.4, -0.2) is 16.0 Å². The van der Waals surface area contributed by atoms with E-state index < -0.39 is 0 Å². The van der Waals surface area contributed by atoms with Gasteiger partial charge in [0.15, 0.2) is 0 Å². The summed E-state index contributed by atoms with van der Waals surface area (Å²) >= 11 is 0. The third-order valence-corrected chi connectivity index (χ3v) is 3.64. The van der Waals surface area contributed by atoms with E-state index >= 15 is 0 Å². The Labute approximate surface area is 138 Å². The maximum Gasteiger partial charge on any atom is 0.223 e. The van der Waals surface area contributed by atoms with Crippen molar-refractivity contribution in [3.63, 3.8) is 0 Å². The van der Waals surface area contributed by atoms with Crippen LogP contribution in [0.2, 0.25) is 0 Å². The molecule has 0 spiro atoms. The smallest absolute Gasteiger partial charge is 0.223 e. The van der Waals surface area contributed by atoms with Gasteiger partial charge in [-0.2, -0.15) is 0 Å². The van der Waals surface area contributed by atoms with Gasteiger partial charge in [0.25, 0.3) is 0 Å². The number of hydrogen-bond donors (Lipinski definition) is 1. The topological polar surface area (TPSA) is 37.8 Å². The van der Waals surface area contributed by atoms with Crippen LogP contribution in [0.3, 0.4) is 0 Å². The van der Waals surface area contributed by atoms with E-state index in [0.717, 1.165) is 22.5 Å². The Morgan fingerprint density at radius 1 is 1.09 bits per heavy atom. The van der Waals surface area contributed by atoms with Gasteiger partial charge in [0.05, 0.1) is 5.69 Å². The molecule has 3 nitrogen and oxygen atoms in total. The van der Waals surface area contributed by atoms with E-state index in [0.29, 0.717) is 12.4 Å². The Morgan fingerprint density at radius 3 is 2.22 bits per heavy atom. The van der Waals surface area contributed by atoms with Crippen molar-refractivity contribution in [2.45, 2.75) is 59.4 Å². The number of benzene rings is 1. The predicted molar refractivity (Wildman–Crippen MR) is 93.4 cm³/mol. The van der Waals surface area contributed by atoms with E-state index in [1.165, 1.54) is 12.1 Å². The molecule has 0 radical (unpaired) electrons. The van der Waals surface area contributed by atoms with Crippen LogP contribution in [0.25, 0.3) is 0 Å². The van der Waals surface area contributed by atoms with Gasteiger partial charge in [-0.05, 0) is 44.0 Å². The largest absolute Gasteiger partial charge is 0.352 e. The van der Waals surface area contributed by atoms with Gasteiger partial charge in [-0.1, -0.05) is 32.9 Å². The lowest BCUT2D eigenvalue weighted by atomic mass is 9.86. The fourth-order valence-corrected chi connectivity index (χ4v) is 2.56. The molecule has 4 heteroatoms. The van der Waals surface area contributed by atoms with Gasteiger partial charge in [0, 0.05) is 23.6 Å². The Morgan fingerprint density at radius 2 is 1.70 bits per heavy atom. The summed E-state index contributed by atoms with van der Waals surface area (Å²) in [6.07, 6.45) is 0.709. The van der Waals surface area contributed by atoms with Crippen molar-refractivity contribution < 1.29 is 4.39 Å². The summed E-state index contributed by atoms with van der Waals surface area (Å²) in [7, 11) is 0. The van der Waals surface area contributed by atoms with Crippen molar-refractivity contribution in [2.75, 3.05) is 5.32 Å². The summed E-state index contributed by atoms with van der Waals surface area (Å²) < 4.78 is 13.1. The highest BCUT2D eigenvalue weighted by Crippen LogP contribution is 2.28. The van der Waals surface area contributed by atoms with E-state index in [-0.39, 0.29) is 17.3 Å². The Hall–Kier alpha value is -1.97. The average Bonchev–Trinajstić information content (AvgIpc) is 2.42. The van der Waals surface area contributed by atoms with Crippen LogP contribution in [0.5, 0.6) is 0 Å². The zero-order chi connectivity index (χ0) is 17.2. The molecule has 0 bridgehead atoms. The normalized spacial score (nSPS) is 11.8. The SMILES string of the molecule is Cc1nc(NC(C)C)nc(C(C)(C)C)c1Cc1ccc(F)cc1. The zero-order valence-corrected chi connectivity index (χ0v) is 14.9. The second kappa shape index (κ2) is 6.65. The van der Waals surface area contributed by atoms with Crippen molar-refractivity contribution in [2.24, 2.45) is 0 Å². The minimum absolute atomic E-state index is 0.0868. The molecule has 0 saturated carbocycles. The molecule has 0 aliphatic carbocycles. The lowest BCUT2D eigenvalue weighted by Gasteiger charge is -2.24. The van der Waals surface area contributed by atoms with Crippen molar-refractivity contribution in [1.29, 1.82) is 0 Å². The molecular weight excluding hydrogens is 289 g/mol. The van der Waals surface area contributed by atoms with E-state index in [9.17, 15) is 4.39 Å². The molecular formula is C19H26FN3. The second-order valence-electron chi connectivity index (χ2n) is 7.31.